The minimum Gasteiger partial charge on any atom is -0.507 e. The van der Waals surface area contributed by atoms with Gasteiger partial charge in [-0.1, -0.05) is 52.0 Å². The Morgan fingerprint density at radius 3 is 2.54 bits per heavy atom. The lowest BCUT2D eigenvalue weighted by atomic mass is 9.87. The lowest BCUT2D eigenvalue weighted by Gasteiger charge is -2.20. The summed E-state index contributed by atoms with van der Waals surface area (Å²) in [5.74, 6) is 1.63. The first kappa shape index (κ1) is 27.0. The quantitative estimate of drug-likeness (QED) is 0.329. The van der Waals surface area contributed by atoms with Crippen molar-refractivity contribution in [2.24, 2.45) is 15.5 Å². The van der Waals surface area contributed by atoms with Crippen LogP contribution in [0.15, 0.2) is 40.4 Å². The van der Waals surface area contributed by atoms with Gasteiger partial charge in [-0.25, -0.2) is 9.98 Å². The molecular weight excluding hydrogens is 484 g/mol. The van der Waals surface area contributed by atoms with E-state index >= 15 is 0 Å². The molecule has 0 spiro atoms. The number of aliphatic imine (C=N–C) groups is 1. The summed E-state index contributed by atoms with van der Waals surface area (Å²) in [5.41, 5.74) is 3.11. The third-order valence-corrected chi connectivity index (χ3v) is 7.75. The average molecular weight is 523 g/mol. The summed E-state index contributed by atoms with van der Waals surface area (Å²) in [6.45, 7) is 15.2. The van der Waals surface area contributed by atoms with Gasteiger partial charge >= 0.3 is 0 Å². The Morgan fingerprint density at radius 1 is 1.14 bits per heavy atom. The number of methoxy groups -OCH3 is 1. The normalized spacial score (nSPS) is 14.5. The van der Waals surface area contributed by atoms with Crippen LogP contribution in [0.5, 0.6) is 5.75 Å². The number of phenols is 1. The van der Waals surface area contributed by atoms with Crippen molar-refractivity contribution in [1.82, 2.24) is 14.9 Å². The number of aromatic hydroxyl groups is 1. The Morgan fingerprint density at radius 2 is 1.89 bits per heavy atom. The minimum atomic E-state index is -0.243. The summed E-state index contributed by atoms with van der Waals surface area (Å²) in [5, 5.41) is 22.2. The predicted molar refractivity (Wildman–Crippen MR) is 153 cm³/mol. The fourth-order valence-corrected chi connectivity index (χ4v) is 5.50. The number of hydrogen-bond acceptors (Lipinski definition) is 8. The van der Waals surface area contributed by atoms with Crippen molar-refractivity contribution in [3.8, 4) is 17.1 Å². The fraction of sp³-hybridized carbons (Fsp3) is 0.500. The summed E-state index contributed by atoms with van der Waals surface area (Å²) < 4.78 is 5.26. The molecule has 0 radical (unpaired) electrons. The molecule has 3 heterocycles. The van der Waals surface area contributed by atoms with Gasteiger partial charge in [0.1, 0.15) is 16.5 Å². The first-order valence-corrected chi connectivity index (χ1v) is 13.8. The maximum Gasteiger partial charge on any atom is 0.204 e. The van der Waals surface area contributed by atoms with E-state index in [2.05, 4.69) is 57.6 Å². The number of fused-ring (bicyclic) bond motifs is 1. The van der Waals surface area contributed by atoms with Crippen molar-refractivity contribution in [1.29, 1.82) is 0 Å². The minimum absolute atomic E-state index is 0.163. The predicted octanol–water partition coefficient (Wildman–Crippen LogP) is 6.47. The molecular formula is C28H38N6O2S. The number of ether oxygens (including phenoxy) is 1. The maximum atomic E-state index is 10.7. The molecule has 0 bridgehead atoms. The highest BCUT2D eigenvalue weighted by atomic mass is 32.1. The Kier molecular flexibility index (Phi) is 8.14. The molecule has 0 fully saturated rings. The van der Waals surface area contributed by atoms with Crippen LogP contribution >= 0.6 is 11.3 Å². The van der Waals surface area contributed by atoms with E-state index in [1.54, 1.807) is 29.3 Å². The lowest BCUT2D eigenvalue weighted by Crippen LogP contribution is -2.27. The first-order chi connectivity index (χ1) is 17.7. The highest BCUT2D eigenvalue weighted by Crippen LogP contribution is 2.36. The molecule has 37 heavy (non-hydrogen) atoms. The van der Waals surface area contributed by atoms with Gasteiger partial charge in [0.15, 0.2) is 5.82 Å². The van der Waals surface area contributed by atoms with E-state index in [1.807, 2.05) is 18.2 Å². The van der Waals surface area contributed by atoms with E-state index < -0.39 is 0 Å². The molecule has 2 aromatic heterocycles. The van der Waals surface area contributed by atoms with Crippen LogP contribution in [0.3, 0.4) is 0 Å². The molecule has 1 N–H and O–H groups in total. The van der Waals surface area contributed by atoms with Crippen molar-refractivity contribution in [2.75, 3.05) is 31.7 Å². The fourth-order valence-electron chi connectivity index (χ4n) is 4.52. The molecule has 0 unspecified atom stereocenters. The number of hydrogen-bond donors (Lipinski definition) is 1. The van der Waals surface area contributed by atoms with Gasteiger partial charge in [-0.15, -0.1) is 9.89 Å². The molecule has 1 aliphatic rings. The number of anilines is 1. The zero-order valence-electron chi connectivity index (χ0n) is 22.9. The van der Waals surface area contributed by atoms with E-state index in [9.17, 15) is 5.11 Å². The number of benzene rings is 1. The molecule has 0 aliphatic carbocycles. The molecule has 0 atom stereocenters. The number of rotatable bonds is 10. The number of likely N-dealkylation sites (N-methyl/N-ethyl adjacent to an activating group) is 1. The number of thiophene rings is 1. The van der Waals surface area contributed by atoms with Crippen LogP contribution < -0.4 is 4.90 Å². The van der Waals surface area contributed by atoms with Crippen molar-refractivity contribution in [3.05, 3.63) is 41.7 Å². The summed E-state index contributed by atoms with van der Waals surface area (Å²) in [6.07, 6.45) is 2.07. The van der Waals surface area contributed by atoms with Gasteiger partial charge in [-0.05, 0) is 55.5 Å². The molecule has 198 valence electrons. The SMILES string of the molecule is CCC(CC)c1ccc(O)c(-c2nc3n(n2)N=C(C(C)(C)C)/C3=N/c2ccc(N(CC)CCOC)s2)c1. The Hall–Kier alpha value is -3.04. The lowest BCUT2D eigenvalue weighted by molar-refractivity contribution is 0.205. The zero-order valence-corrected chi connectivity index (χ0v) is 23.8. The summed E-state index contributed by atoms with van der Waals surface area (Å²) in [6, 6.07) is 9.87. The second-order valence-electron chi connectivity index (χ2n) is 10.3. The van der Waals surface area contributed by atoms with Crippen molar-refractivity contribution in [3.63, 3.8) is 0 Å². The molecule has 1 aliphatic heterocycles. The molecule has 0 saturated heterocycles. The van der Waals surface area contributed by atoms with Crippen LogP contribution in [0.1, 0.15) is 71.7 Å². The Balaban J connectivity index is 1.74. The van der Waals surface area contributed by atoms with Gasteiger partial charge < -0.3 is 14.7 Å². The molecule has 1 aromatic carbocycles. The number of nitrogens with zero attached hydrogens (tertiary/aromatic N) is 6. The number of aromatic nitrogens is 3. The van der Waals surface area contributed by atoms with Crippen LogP contribution in [0.25, 0.3) is 11.4 Å². The summed E-state index contributed by atoms with van der Waals surface area (Å²) in [7, 11) is 1.72. The van der Waals surface area contributed by atoms with Crippen molar-refractivity contribution < 1.29 is 9.84 Å². The monoisotopic (exact) mass is 522 g/mol. The molecule has 9 heteroatoms. The molecule has 4 rings (SSSR count). The van der Waals surface area contributed by atoms with Gasteiger partial charge in [-0.2, -0.15) is 5.10 Å². The van der Waals surface area contributed by atoms with E-state index in [1.165, 1.54) is 5.56 Å². The Labute approximate surface area is 223 Å². The third kappa shape index (κ3) is 5.62. The smallest absolute Gasteiger partial charge is 0.204 e. The van der Waals surface area contributed by atoms with Crippen LogP contribution in [0, 0.1) is 5.41 Å². The van der Waals surface area contributed by atoms with Crippen molar-refractivity contribution in [2.45, 2.75) is 60.3 Å². The van der Waals surface area contributed by atoms with Gasteiger partial charge in [0, 0.05) is 25.6 Å². The van der Waals surface area contributed by atoms with Gasteiger partial charge in [0.25, 0.3) is 0 Å². The van der Waals surface area contributed by atoms with Gasteiger partial charge in [0.2, 0.25) is 5.82 Å². The van der Waals surface area contributed by atoms with Gasteiger partial charge in [0.05, 0.1) is 22.9 Å². The largest absolute Gasteiger partial charge is 0.507 e. The maximum absolute atomic E-state index is 10.7. The standard InChI is InChI=1S/C28H38N6O2S/c1-8-18(9-2)19-11-12-21(35)20(17-19)26-30-27-24(25(28(4,5)6)31-34(27)32-26)29-22-13-14-23(37-22)33(10-3)15-16-36-7/h11-14,17-18,35H,8-10,15-16H2,1-7H3/b29-24-. The van der Waals surface area contributed by atoms with Crippen molar-refractivity contribution >= 4 is 32.8 Å². The van der Waals surface area contributed by atoms with Gasteiger partial charge in [-0.3, -0.25) is 0 Å². The highest BCUT2D eigenvalue weighted by molar-refractivity contribution is 7.19. The van der Waals surface area contributed by atoms with Crippen LogP contribution in [-0.4, -0.2) is 58.2 Å². The van der Waals surface area contributed by atoms with E-state index in [0.717, 1.165) is 47.4 Å². The molecule has 8 nitrogen and oxygen atoms in total. The van der Waals surface area contributed by atoms with E-state index in [-0.39, 0.29) is 11.2 Å². The molecule has 3 aromatic rings. The second kappa shape index (κ2) is 11.1. The highest BCUT2D eigenvalue weighted by Gasteiger charge is 2.35. The van der Waals surface area contributed by atoms with Crippen LogP contribution in [0.4, 0.5) is 10.0 Å². The summed E-state index contributed by atoms with van der Waals surface area (Å²) in [4.78, 5) is 13.7. The zero-order chi connectivity index (χ0) is 26.7. The average Bonchev–Trinajstić information content (AvgIpc) is 3.57. The second-order valence-corrected chi connectivity index (χ2v) is 11.3. The molecule has 0 amide bonds. The van der Waals surface area contributed by atoms with Crippen LogP contribution in [-0.2, 0) is 4.74 Å². The Bertz CT molecular complexity index is 1300. The number of phenolic OH excluding ortho intramolecular Hbond substituents is 1. The van der Waals surface area contributed by atoms with E-state index in [0.29, 0.717) is 29.7 Å². The third-order valence-electron chi connectivity index (χ3n) is 6.71. The molecule has 0 saturated carbocycles. The van der Waals surface area contributed by atoms with E-state index in [4.69, 9.17) is 19.8 Å². The first-order valence-electron chi connectivity index (χ1n) is 13.0. The summed E-state index contributed by atoms with van der Waals surface area (Å²) >= 11 is 1.64. The van der Waals surface area contributed by atoms with Crippen LogP contribution in [0.2, 0.25) is 0 Å². The topological polar surface area (TPSA) is 88.1 Å².